The normalized spacial score (nSPS) is 20.6. The Kier molecular flexibility index (Phi) is 7.27. The first-order valence-electron chi connectivity index (χ1n) is 9.28. The topological polar surface area (TPSA) is 80.6 Å². The number of nitrogens with one attached hydrogen (secondary N) is 3. The summed E-state index contributed by atoms with van der Waals surface area (Å²) in [5.41, 5.74) is 2.38. The molecule has 1 amide bonds. The van der Waals surface area contributed by atoms with Gasteiger partial charge in [-0.15, -0.1) is 0 Å². The van der Waals surface area contributed by atoms with Gasteiger partial charge in [-0.1, -0.05) is 35.1 Å². The molecule has 0 saturated carbocycles. The second-order valence-electron chi connectivity index (χ2n) is 6.87. The molecule has 1 aromatic rings. The van der Waals surface area contributed by atoms with E-state index in [1.165, 1.54) is 11.9 Å². The van der Waals surface area contributed by atoms with E-state index in [2.05, 4.69) is 15.0 Å². The Bertz CT molecular complexity index is 912. The van der Waals surface area contributed by atoms with E-state index in [4.69, 9.17) is 28.6 Å². The number of aliphatic imine (C=N–C) groups is 1. The highest BCUT2D eigenvalue weighted by Crippen LogP contribution is 2.28. The first-order chi connectivity index (χ1) is 13.9. The Morgan fingerprint density at radius 1 is 1.41 bits per heavy atom. The monoisotopic (exact) mass is 451 g/mol. The van der Waals surface area contributed by atoms with Gasteiger partial charge >= 0.3 is 0 Å². The van der Waals surface area contributed by atoms with E-state index in [9.17, 15) is 4.79 Å². The molecule has 1 saturated heterocycles. The van der Waals surface area contributed by atoms with Crippen molar-refractivity contribution in [2.45, 2.75) is 32.2 Å². The van der Waals surface area contributed by atoms with Gasteiger partial charge in [-0.2, -0.15) is 0 Å². The van der Waals surface area contributed by atoms with E-state index in [-0.39, 0.29) is 11.9 Å². The molecule has 0 radical (unpaired) electrons. The maximum atomic E-state index is 13.4. The van der Waals surface area contributed by atoms with Crippen LogP contribution in [0, 0.1) is 5.41 Å². The average molecular weight is 452 g/mol. The van der Waals surface area contributed by atoms with Gasteiger partial charge in [0.1, 0.15) is 11.0 Å². The number of carbonyl (C=O) groups excluding carboxylic acids is 1. The molecule has 2 aliphatic heterocycles. The van der Waals surface area contributed by atoms with Crippen LogP contribution in [0.5, 0.6) is 0 Å². The average Bonchev–Trinajstić information content (AvgIpc) is 2.71. The third-order valence-corrected chi connectivity index (χ3v) is 5.86. The van der Waals surface area contributed by atoms with Gasteiger partial charge in [-0.25, -0.2) is 4.99 Å². The maximum absolute atomic E-state index is 13.4. The fourth-order valence-electron chi connectivity index (χ4n) is 3.33. The summed E-state index contributed by atoms with van der Waals surface area (Å²) < 4.78 is 3.14. The van der Waals surface area contributed by atoms with Crippen molar-refractivity contribution in [1.29, 1.82) is 5.41 Å². The first-order valence-corrected chi connectivity index (χ1v) is 11.3. The summed E-state index contributed by atoms with van der Waals surface area (Å²) in [7, 11) is 0. The van der Waals surface area contributed by atoms with Crippen molar-refractivity contribution < 1.29 is 4.79 Å². The van der Waals surface area contributed by atoms with Crippen molar-refractivity contribution in [3.8, 4) is 0 Å². The highest BCUT2D eigenvalue weighted by Gasteiger charge is 2.31. The van der Waals surface area contributed by atoms with Gasteiger partial charge in [0.2, 0.25) is 0 Å². The lowest BCUT2D eigenvalue weighted by Crippen LogP contribution is -2.47. The third kappa shape index (κ3) is 5.15. The standard InChI is InChI=1S/C20H23Cl2N5OS/c1-12-11-24-18(25-19(12)22)10-15(23)17-5-3-4-8-27(17)20(28)14-9-13(21)6-7-16(14)26-29-2/h6-7,9-11,17,23-24,26H,3-5,8H2,1-2H3/b18-10+,23-15?/t17-/m0/s1. The fraction of sp³-hybridized carbons (Fsp3) is 0.350. The molecule has 3 N–H and O–H groups in total. The van der Waals surface area contributed by atoms with Crippen LogP contribution in [-0.4, -0.2) is 40.5 Å². The minimum absolute atomic E-state index is 0.134. The van der Waals surface area contributed by atoms with Crippen LogP contribution >= 0.6 is 35.1 Å². The summed E-state index contributed by atoms with van der Waals surface area (Å²) in [6.07, 6.45) is 7.88. The number of piperidine rings is 1. The van der Waals surface area contributed by atoms with Crippen molar-refractivity contribution in [3.05, 3.63) is 52.5 Å². The molecule has 1 atom stereocenters. The van der Waals surface area contributed by atoms with Crippen molar-refractivity contribution in [1.82, 2.24) is 10.2 Å². The predicted octanol–water partition coefficient (Wildman–Crippen LogP) is 5.03. The molecule has 154 valence electrons. The van der Waals surface area contributed by atoms with Crippen molar-refractivity contribution in [2.24, 2.45) is 4.99 Å². The number of nitrogens with zero attached hydrogens (tertiary/aromatic N) is 2. The van der Waals surface area contributed by atoms with Gasteiger partial charge in [0.15, 0.2) is 0 Å². The quantitative estimate of drug-likeness (QED) is 0.433. The van der Waals surface area contributed by atoms with Crippen molar-refractivity contribution in [2.75, 3.05) is 17.5 Å². The minimum atomic E-state index is -0.326. The number of hydrogen-bond donors (Lipinski definition) is 3. The molecule has 1 aromatic carbocycles. The number of amides is 1. The van der Waals surface area contributed by atoms with Crippen LogP contribution in [0.1, 0.15) is 36.5 Å². The molecule has 0 bridgehead atoms. The van der Waals surface area contributed by atoms with Gasteiger partial charge < -0.3 is 20.3 Å². The lowest BCUT2D eigenvalue weighted by molar-refractivity contribution is 0.0681. The zero-order chi connectivity index (χ0) is 21.0. The Hall–Kier alpha value is -1.96. The fourth-order valence-corrected chi connectivity index (χ4v) is 4.05. The molecular formula is C20H23Cl2N5OS. The highest BCUT2D eigenvalue weighted by molar-refractivity contribution is 7.99. The number of likely N-dealkylation sites (tertiary alicyclic amines) is 1. The zero-order valence-corrected chi connectivity index (χ0v) is 18.6. The molecule has 9 heteroatoms. The Labute approximate surface area is 185 Å². The van der Waals surface area contributed by atoms with Crippen LogP contribution in [0.15, 0.2) is 46.9 Å². The molecule has 2 aliphatic rings. The van der Waals surface area contributed by atoms with Crippen molar-refractivity contribution >= 4 is 57.6 Å². The Morgan fingerprint density at radius 2 is 2.21 bits per heavy atom. The molecule has 29 heavy (non-hydrogen) atoms. The number of halogens is 2. The van der Waals surface area contributed by atoms with E-state index in [0.717, 1.165) is 24.8 Å². The van der Waals surface area contributed by atoms with E-state index in [1.54, 1.807) is 35.4 Å². The lowest BCUT2D eigenvalue weighted by Gasteiger charge is -2.36. The summed E-state index contributed by atoms with van der Waals surface area (Å²) in [6, 6.07) is 4.91. The summed E-state index contributed by atoms with van der Waals surface area (Å²) in [4.78, 5) is 19.4. The van der Waals surface area contributed by atoms with Gasteiger partial charge in [0.25, 0.3) is 5.91 Å². The molecule has 0 aromatic heterocycles. The van der Waals surface area contributed by atoms with E-state index in [0.29, 0.717) is 39.5 Å². The SMILES string of the molecule is CSNc1ccc(Cl)cc1C(=O)N1CCCC[C@H]1C(=N)/C=C1/N=C(Cl)C(C)=CN1. The van der Waals surface area contributed by atoms with Crippen LogP contribution in [0.3, 0.4) is 0 Å². The molecule has 1 fully saturated rings. The van der Waals surface area contributed by atoms with Crippen molar-refractivity contribution in [3.63, 3.8) is 0 Å². The molecule has 0 aliphatic carbocycles. The third-order valence-electron chi connectivity index (χ3n) is 4.82. The minimum Gasteiger partial charge on any atom is -0.346 e. The van der Waals surface area contributed by atoms with Crippen LogP contribution < -0.4 is 10.0 Å². The molecule has 6 nitrogen and oxygen atoms in total. The Balaban J connectivity index is 1.86. The highest BCUT2D eigenvalue weighted by atomic mass is 35.5. The molecule has 2 heterocycles. The number of hydrogen-bond acceptors (Lipinski definition) is 6. The maximum Gasteiger partial charge on any atom is 0.256 e. The largest absolute Gasteiger partial charge is 0.346 e. The second-order valence-corrected chi connectivity index (χ2v) is 8.27. The van der Waals surface area contributed by atoms with Gasteiger partial charge in [0.05, 0.1) is 23.0 Å². The van der Waals surface area contributed by atoms with E-state index in [1.807, 2.05) is 13.2 Å². The van der Waals surface area contributed by atoms with E-state index >= 15 is 0 Å². The number of anilines is 1. The number of benzene rings is 1. The number of rotatable bonds is 5. The Morgan fingerprint density at radius 3 is 2.93 bits per heavy atom. The summed E-state index contributed by atoms with van der Waals surface area (Å²) in [5.74, 6) is 0.363. The van der Waals surface area contributed by atoms with Crippen LogP contribution in [0.25, 0.3) is 0 Å². The summed E-state index contributed by atoms with van der Waals surface area (Å²) in [5, 5.41) is 12.5. The van der Waals surface area contributed by atoms with Crippen LogP contribution in [0.4, 0.5) is 5.69 Å². The summed E-state index contributed by atoms with van der Waals surface area (Å²) >= 11 is 13.7. The molecule has 0 unspecified atom stereocenters. The number of allylic oxidation sites excluding steroid dienone is 1. The van der Waals surface area contributed by atoms with Crippen LogP contribution in [0.2, 0.25) is 5.02 Å². The zero-order valence-electron chi connectivity index (χ0n) is 16.3. The summed E-state index contributed by atoms with van der Waals surface area (Å²) in [6.45, 7) is 2.45. The second kappa shape index (κ2) is 9.69. The van der Waals surface area contributed by atoms with E-state index < -0.39 is 0 Å². The smallest absolute Gasteiger partial charge is 0.256 e. The predicted molar refractivity (Wildman–Crippen MR) is 123 cm³/mol. The van der Waals surface area contributed by atoms with Crippen LogP contribution in [-0.2, 0) is 0 Å². The first kappa shape index (κ1) is 21.7. The number of carbonyl (C=O) groups is 1. The van der Waals surface area contributed by atoms with Gasteiger partial charge in [-0.05, 0) is 44.4 Å². The van der Waals surface area contributed by atoms with Gasteiger partial charge in [-0.3, -0.25) is 4.79 Å². The molecule has 3 rings (SSSR count). The lowest BCUT2D eigenvalue weighted by atomic mass is 9.96. The van der Waals surface area contributed by atoms with Gasteiger partial charge in [0, 0.05) is 35.7 Å². The molecular weight excluding hydrogens is 429 g/mol. The molecule has 0 spiro atoms.